The Bertz CT molecular complexity index is 642. The third-order valence-corrected chi connectivity index (χ3v) is 4.31. The fourth-order valence-corrected chi connectivity index (χ4v) is 2.39. The van der Waals surface area contributed by atoms with Crippen LogP contribution in [0.3, 0.4) is 0 Å². The van der Waals surface area contributed by atoms with E-state index in [-0.39, 0.29) is 12.3 Å². The summed E-state index contributed by atoms with van der Waals surface area (Å²) >= 11 is 3.47. The van der Waals surface area contributed by atoms with Crippen molar-refractivity contribution in [2.75, 3.05) is 0 Å². The first-order valence-corrected chi connectivity index (χ1v) is 7.55. The second kappa shape index (κ2) is 6.80. The number of hydrogen-bond acceptors (Lipinski definition) is 4. The molecular weight excluding hydrogens is 336 g/mol. The minimum atomic E-state index is -0.795. The van der Waals surface area contributed by atoms with Crippen molar-refractivity contribution in [2.24, 2.45) is 5.92 Å². The van der Waals surface area contributed by atoms with Crippen LogP contribution in [-0.2, 0) is 11.3 Å². The quantitative estimate of drug-likeness (QED) is 0.864. The van der Waals surface area contributed by atoms with E-state index in [0.717, 1.165) is 22.0 Å². The lowest BCUT2D eigenvalue weighted by molar-refractivity contribution is -0.138. The standard InChI is InChI=1S/C14H17BrN4O2/c1-3-10(7-13(20)21)8-19-14(16-17-18-19)11-4-5-12(15)9(2)6-11/h4-6,10H,3,7-8H2,1-2H3,(H,20,21). The van der Waals surface area contributed by atoms with Crippen LogP contribution in [0.5, 0.6) is 0 Å². The van der Waals surface area contributed by atoms with Crippen molar-refractivity contribution in [3.63, 3.8) is 0 Å². The number of aromatic nitrogens is 4. The highest BCUT2D eigenvalue weighted by Gasteiger charge is 2.16. The van der Waals surface area contributed by atoms with Gasteiger partial charge in [-0.3, -0.25) is 4.79 Å². The summed E-state index contributed by atoms with van der Waals surface area (Å²) in [7, 11) is 0. The minimum Gasteiger partial charge on any atom is -0.481 e. The molecule has 7 heteroatoms. The van der Waals surface area contributed by atoms with E-state index in [1.165, 1.54) is 0 Å². The molecule has 1 N–H and O–H groups in total. The largest absolute Gasteiger partial charge is 0.481 e. The summed E-state index contributed by atoms with van der Waals surface area (Å²) in [6.45, 7) is 4.47. The van der Waals surface area contributed by atoms with Crippen LogP contribution in [0.15, 0.2) is 22.7 Å². The fourth-order valence-electron chi connectivity index (χ4n) is 2.15. The Balaban J connectivity index is 2.25. The van der Waals surface area contributed by atoms with Crippen molar-refractivity contribution in [3.05, 3.63) is 28.2 Å². The van der Waals surface area contributed by atoms with Crippen molar-refractivity contribution in [3.8, 4) is 11.4 Å². The zero-order chi connectivity index (χ0) is 15.4. The van der Waals surface area contributed by atoms with Gasteiger partial charge in [-0.2, -0.15) is 0 Å². The molecule has 0 saturated carbocycles. The molecule has 1 atom stereocenters. The van der Waals surface area contributed by atoms with Crippen molar-refractivity contribution >= 4 is 21.9 Å². The molecule has 0 bridgehead atoms. The molecule has 1 aromatic heterocycles. The van der Waals surface area contributed by atoms with Crippen LogP contribution >= 0.6 is 15.9 Å². The van der Waals surface area contributed by atoms with E-state index in [4.69, 9.17) is 5.11 Å². The van der Waals surface area contributed by atoms with Gasteiger partial charge in [0.05, 0.1) is 0 Å². The minimum absolute atomic E-state index is 0.0151. The molecule has 0 spiro atoms. The number of aryl methyl sites for hydroxylation is 1. The van der Waals surface area contributed by atoms with Crippen LogP contribution < -0.4 is 0 Å². The Morgan fingerprint density at radius 3 is 2.86 bits per heavy atom. The van der Waals surface area contributed by atoms with Gasteiger partial charge in [0.2, 0.25) is 0 Å². The predicted octanol–water partition coefficient (Wildman–Crippen LogP) is 2.91. The molecule has 0 aliphatic carbocycles. The summed E-state index contributed by atoms with van der Waals surface area (Å²) in [5.41, 5.74) is 2.02. The third-order valence-electron chi connectivity index (χ3n) is 3.42. The van der Waals surface area contributed by atoms with Crippen LogP contribution in [0, 0.1) is 12.8 Å². The van der Waals surface area contributed by atoms with Gasteiger partial charge in [0.1, 0.15) is 0 Å². The van der Waals surface area contributed by atoms with Gasteiger partial charge in [0, 0.05) is 23.0 Å². The molecule has 6 nitrogen and oxygen atoms in total. The van der Waals surface area contributed by atoms with Crippen LogP contribution in [0.4, 0.5) is 0 Å². The normalized spacial score (nSPS) is 12.3. The van der Waals surface area contributed by atoms with E-state index in [1.54, 1.807) is 4.68 Å². The second-order valence-corrected chi connectivity index (χ2v) is 5.88. The maximum Gasteiger partial charge on any atom is 0.303 e. The van der Waals surface area contributed by atoms with Crippen LogP contribution in [0.25, 0.3) is 11.4 Å². The number of hydrogen-bond donors (Lipinski definition) is 1. The second-order valence-electron chi connectivity index (χ2n) is 5.02. The van der Waals surface area contributed by atoms with E-state index in [2.05, 4.69) is 31.5 Å². The maximum absolute atomic E-state index is 10.9. The lowest BCUT2D eigenvalue weighted by Gasteiger charge is -2.13. The molecule has 21 heavy (non-hydrogen) atoms. The van der Waals surface area contributed by atoms with Gasteiger partial charge >= 0.3 is 5.97 Å². The van der Waals surface area contributed by atoms with Gasteiger partial charge in [-0.25, -0.2) is 4.68 Å². The van der Waals surface area contributed by atoms with E-state index < -0.39 is 5.97 Å². The van der Waals surface area contributed by atoms with Crippen LogP contribution in [-0.4, -0.2) is 31.3 Å². The molecule has 2 aromatic rings. The number of carboxylic acids is 1. The summed E-state index contributed by atoms with van der Waals surface area (Å²) in [4.78, 5) is 10.9. The van der Waals surface area contributed by atoms with Crippen molar-refractivity contribution in [2.45, 2.75) is 33.2 Å². The lowest BCUT2D eigenvalue weighted by Crippen LogP contribution is -2.16. The molecule has 0 aliphatic heterocycles. The summed E-state index contributed by atoms with van der Waals surface area (Å²) in [5, 5.41) is 20.7. The molecule has 0 radical (unpaired) electrons. The van der Waals surface area contributed by atoms with Gasteiger partial charge in [0.25, 0.3) is 0 Å². The van der Waals surface area contributed by atoms with Crippen molar-refractivity contribution < 1.29 is 9.90 Å². The number of benzene rings is 1. The highest BCUT2D eigenvalue weighted by molar-refractivity contribution is 9.10. The molecular formula is C14H17BrN4O2. The molecule has 0 aliphatic rings. The number of halogens is 1. The molecule has 1 heterocycles. The van der Waals surface area contributed by atoms with Gasteiger partial charge in [0.15, 0.2) is 5.82 Å². The zero-order valence-corrected chi connectivity index (χ0v) is 13.5. The van der Waals surface area contributed by atoms with E-state index in [1.807, 2.05) is 32.0 Å². The number of carbonyl (C=O) groups is 1. The molecule has 1 unspecified atom stereocenters. The van der Waals surface area contributed by atoms with Gasteiger partial charge in [-0.1, -0.05) is 29.3 Å². The molecule has 2 rings (SSSR count). The molecule has 0 fully saturated rings. The van der Waals surface area contributed by atoms with E-state index >= 15 is 0 Å². The summed E-state index contributed by atoms with van der Waals surface area (Å²) < 4.78 is 2.71. The number of aliphatic carboxylic acids is 1. The average molecular weight is 353 g/mol. The van der Waals surface area contributed by atoms with E-state index in [9.17, 15) is 4.79 Å². The first kappa shape index (κ1) is 15.6. The zero-order valence-electron chi connectivity index (χ0n) is 12.0. The number of carboxylic acid groups (broad SMARTS) is 1. The number of tetrazole rings is 1. The SMILES string of the molecule is CCC(CC(=O)O)Cn1nnnc1-c1ccc(Br)c(C)c1. The Hall–Kier alpha value is -1.76. The Kier molecular flexibility index (Phi) is 5.06. The predicted molar refractivity (Wildman–Crippen MR) is 81.7 cm³/mol. The highest BCUT2D eigenvalue weighted by Crippen LogP contribution is 2.24. The monoisotopic (exact) mass is 352 g/mol. The van der Waals surface area contributed by atoms with Crippen molar-refractivity contribution in [1.29, 1.82) is 0 Å². The fraction of sp³-hybridized carbons (Fsp3) is 0.429. The topological polar surface area (TPSA) is 80.9 Å². The number of nitrogens with zero attached hydrogens (tertiary/aromatic N) is 4. The Morgan fingerprint density at radius 1 is 1.48 bits per heavy atom. The molecule has 1 aromatic carbocycles. The lowest BCUT2D eigenvalue weighted by atomic mass is 10.0. The summed E-state index contributed by atoms with van der Waals surface area (Å²) in [5.74, 6) is -0.119. The highest BCUT2D eigenvalue weighted by atomic mass is 79.9. The van der Waals surface area contributed by atoms with Crippen molar-refractivity contribution in [1.82, 2.24) is 20.2 Å². The van der Waals surface area contributed by atoms with Gasteiger partial charge in [-0.05, 0) is 47.0 Å². The van der Waals surface area contributed by atoms with E-state index in [0.29, 0.717) is 12.4 Å². The van der Waals surface area contributed by atoms with Gasteiger partial charge in [-0.15, -0.1) is 5.10 Å². The Morgan fingerprint density at radius 2 is 2.24 bits per heavy atom. The summed E-state index contributed by atoms with van der Waals surface area (Å²) in [6, 6.07) is 5.90. The third kappa shape index (κ3) is 3.87. The first-order chi connectivity index (χ1) is 10.0. The molecule has 0 amide bonds. The molecule has 0 saturated heterocycles. The smallest absolute Gasteiger partial charge is 0.303 e. The summed E-state index contributed by atoms with van der Waals surface area (Å²) in [6.07, 6.45) is 0.889. The maximum atomic E-state index is 10.9. The number of rotatable bonds is 6. The van der Waals surface area contributed by atoms with Crippen LogP contribution in [0.1, 0.15) is 25.3 Å². The molecule has 112 valence electrons. The average Bonchev–Trinajstić information content (AvgIpc) is 2.88. The van der Waals surface area contributed by atoms with Gasteiger partial charge < -0.3 is 5.11 Å². The van der Waals surface area contributed by atoms with Crippen LogP contribution in [0.2, 0.25) is 0 Å². The first-order valence-electron chi connectivity index (χ1n) is 6.75. The Labute approximate surface area is 131 Å².